The number of hydrogen-bond donors (Lipinski definition) is 2. The fourth-order valence-corrected chi connectivity index (χ4v) is 2.87. The van der Waals surface area contributed by atoms with Crippen molar-refractivity contribution in [1.82, 2.24) is 10.3 Å². The first-order valence-corrected chi connectivity index (χ1v) is 8.99. The molecule has 2 rings (SSSR count). The van der Waals surface area contributed by atoms with E-state index in [1.54, 1.807) is 13.8 Å². The topological polar surface area (TPSA) is 108 Å². The second-order valence-electron chi connectivity index (χ2n) is 6.29. The van der Waals surface area contributed by atoms with Gasteiger partial charge in [-0.1, -0.05) is 30.3 Å². The molecule has 146 valence electrons. The van der Waals surface area contributed by atoms with Gasteiger partial charge in [0.15, 0.2) is 6.04 Å². The van der Waals surface area contributed by atoms with Gasteiger partial charge in [0, 0.05) is 12.6 Å². The van der Waals surface area contributed by atoms with Crippen LogP contribution in [0.15, 0.2) is 35.4 Å². The normalized spacial score (nSPS) is 18.1. The monoisotopic (exact) mass is 375 g/mol. The SMILES string of the molecule is CCOC(=O)[C@H](CCc1ccccc1)N[C@@H](C)C(=O)N1N=CCC1C(=O)O. The largest absolute Gasteiger partial charge is 0.480 e. The molecule has 1 amide bonds. The molecule has 3 atom stereocenters. The average molecular weight is 375 g/mol. The molecule has 1 aromatic rings. The number of hydrogen-bond acceptors (Lipinski definition) is 6. The fourth-order valence-electron chi connectivity index (χ4n) is 2.87. The summed E-state index contributed by atoms with van der Waals surface area (Å²) in [6.07, 6.45) is 2.66. The Morgan fingerprint density at radius 1 is 1.33 bits per heavy atom. The van der Waals surface area contributed by atoms with Gasteiger partial charge in [-0.15, -0.1) is 0 Å². The Balaban J connectivity index is 2.02. The molecule has 1 unspecified atom stereocenters. The van der Waals surface area contributed by atoms with Gasteiger partial charge in [0.05, 0.1) is 12.6 Å². The number of rotatable bonds is 9. The zero-order valence-electron chi connectivity index (χ0n) is 15.5. The zero-order valence-corrected chi connectivity index (χ0v) is 15.5. The van der Waals surface area contributed by atoms with Crippen molar-refractivity contribution in [3.8, 4) is 0 Å². The summed E-state index contributed by atoms with van der Waals surface area (Å²) < 4.78 is 5.11. The van der Waals surface area contributed by atoms with Crippen molar-refractivity contribution in [1.29, 1.82) is 0 Å². The predicted molar refractivity (Wildman–Crippen MR) is 99.2 cm³/mol. The van der Waals surface area contributed by atoms with Crippen LogP contribution in [0.5, 0.6) is 0 Å². The van der Waals surface area contributed by atoms with Crippen molar-refractivity contribution in [3.05, 3.63) is 35.9 Å². The van der Waals surface area contributed by atoms with E-state index in [9.17, 15) is 19.5 Å². The number of aliphatic carboxylic acids is 1. The Morgan fingerprint density at radius 2 is 2.04 bits per heavy atom. The fraction of sp³-hybridized carbons (Fsp3) is 0.474. The highest BCUT2D eigenvalue weighted by atomic mass is 16.5. The van der Waals surface area contributed by atoms with Crippen LogP contribution in [0, 0.1) is 0 Å². The Bertz CT molecular complexity index is 692. The van der Waals surface area contributed by atoms with Gasteiger partial charge in [0.25, 0.3) is 5.91 Å². The third-order valence-electron chi connectivity index (χ3n) is 4.30. The van der Waals surface area contributed by atoms with Gasteiger partial charge in [0.1, 0.15) is 6.04 Å². The molecular weight excluding hydrogens is 350 g/mol. The number of esters is 1. The molecule has 2 N–H and O–H groups in total. The molecule has 0 bridgehead atoms. The van der Waals surface area contributed by atoms with Crippen LogP contribution in [0.2, 0.25) is 0 Å². The number of nitrogens with zero attached hydrogens (tertiary/aromatic N) is 2. The standard InChI is InChI=1S/C19H25N3O5/c1-3-27-19(26)15(10-9-14-7-5-4-6-8-14)21-13(2)17(23)22-16(18(24)25)11-12-20-22/h4-8,12-13,15-16,21H,3,9-11H2,1-2H3,(H,24,25)/t13-,15-,16?/m0/s1. The highest BCUT2D eigenvalue weighted by molar-refractivity contribution is 5.91. The molecule has 0 aromatic heterocycles. The quantitative estimate of drug-likeness (QED) is 0.628. The van der Waals surface area contributed by atoms with Gasteiger partial charge in [-0.25, -0.2) is 9.80 Å². The second-order valence-corrected chi connectivity index (χ2v) is 6.29. The highest BCUT2D eigenvalue weighted by Gasteiger charge is 2.36. The first-order valence-electron chi connectivity index (χ1n) is 8.99. The molecule has 0 saturated heterocycles. The molecule has 0 radical (unpaired) electrons. The number of carbonyl (C=O) groups is 3. The average Bonchev–Trinajstić information content (AvgIpc) is 3.15. The summed E-state index contributed by atoms with van der Waals surface area (Å²) in [5, 5.41) is 17.0. The number of carbonyl (C=O) groups excluding carboxylic acids is 2. The van der Waals surface area contributed by atoms with Gasteiger partial charge in [-0.2, -0.15) is 5.10 Å². The van der Waals surface area contributed by atoms with Gasteiger partial charge in [-0.3, -0.25) is 14.9 Å². The maximum Gasteiger partial charge on any atom is 0.329 e. The van der Waals surface area contributed by atoms with E-state index in [2.05, 4.69) is 10.4 Å². The Hall–Kier alpha value is -2.74. The maximum absolute atomic E-state index is 12.6. The summed E-state index contributed by atoms with van der Waals surface area (Å²) >= 11 is 0. The second kappa shape index (κ2) is 9.82. The Kier molecular flexibility index (Phi) is 7.48. The molecule has 0 spiro atoms. The predicted octanol–water partition coefficient (Wildman–Crippen LogP) is 1.20. The van der Waals surface area contributed by atoms with Crippen molar-refractivity contribution in [3.63, 3.8) is 0 Å². The smallest absolute Gasteiger partial charge is 0.329 e. The van der Waals surface area contributed by atoms with E-state index in [1.807, 2.05) is 30.3 Å². The number of aryl methyl sites for hydroxylation is 1. The summed E-state index contributed by atoms with van der Waals surface area (Å²) in [7, 11) is 0. The van der Waals surface area contributed by atoms with E-state index in [4.69, 9.17) is 4.74 Å². The zero-order chi connectivity index (χ0) is 19.8. The van der Waals surface area contributed by atoms with Crippen LogP contribution in [-0.2, 0) is 25.5 Å². The van der Waals surface area contributed by atoms with Crippen molar-refractivity contribution in [2.75, 3.05) is 6.61 Å². The van der Waals surface area contributed by atoms with E-state index in [0.717, 1.165) is 10.6 Å². The number of ether oxygens (including phenoxy) is 1. The lowest BCUT2D eigenvalue weighted by atomic mass is 10.0. The highest BCUT2D eigenvalue weighted by Crippen LogP contribution is 2.14. The van der Waals surface area contributed by atoms with Crippen LogP contribution < -0.4 is 5.32 Å². The van der Waals surface area contributed by atoms with Crippen LogP contribution >= 0.6 is 0 Å². The van der Waals surface area contributed by atoms with Crippen LogP contribution in [0.3, 0.4) is 0 Å². The minimum absolute atomic E-state index is 0.170. The van der Waals surface area contributed by atoms with Gasteiger partial charge < -0.3 is 9.84 Å². The van der Waals surface area contributed by atoms with Crippen LogP contribution in [0.25, 0.3) is 0 Å². The molecule has 1 aliphatic heterocycles. The molecule has 0 saturated carbocycles. The lowest BCUT2D eigenvalue weighted by Gasteiger charge is -2.25. The lowest BCUT2D eigenvalue weighted by Crippen LogP contribution is -2.52. The van der Waals surface area contributed by atoms with Crippen molar-refractivity contribution in [2.45, 2.75) is 51.2 Å². The van der Waals surface area contributed by atoms with Crippen LogP contribution in [0.1, 0.15) is 32.3 Å². The number of hydrazone groups is 1. The number of carboxylic acids is 1. The number of benzene rings is 1. The third kappa shape index (κ3) is 5.62. The van der Waals surface area contributed by atoms with Crippen molar-refractivity contribution < 1.29 is 24.2 Å². The molecule has 1 aliphatic rings. The van der Waals surface area contributed by atoms with Crippen LogP contribution in [-0.4, -0.2) is 58.9 Å². The van der Waals surface area contributed by atoms with Gasteiger partial charge in [-0.05, 0) is 32.3 Å². The summed E-state index contributed by atoms with van der Waals surface area (Å²) in [4.78, 5) is 36.1. The van der Waals surface area contributed by atoms with E-state index >= 15 is 0 Å². The Morgan fingerprint density at radius 3 is 2.67 bits per heavy atom. The molecule has 1 heterocycles. The first-order chi connectivity index (χ1) is 12.9. The maximum atomic E-state index is 12.6. The summed E-state index contributed by atoms with van der Waals surface area (Å²) in [5.41, 5.74) is 1.07. The van der Waals surface area contributed by atoms with E-state index < -0.39 is 36.0 Å². The molecule has 8 nitrogen and oxygen atoms in total. The first kappa shape index (κ1) is 20.6. The van der Waals surface area contributed by atoms with E-state index in [1.165, 1.54) is 6.21 Å². The molecular formula is C19H25N3O5. The summed E-state index contributed by atoms with van der Waals surface area (Å²) in [6, 6.07) is 7.22. The van der Waals surface area contributed by atoms with Crippen LogP contribution in [0.4, 0.5) is 0 Å². The Labute approximate surface area is 158 Å². The number of carboxylic acid groups (broad SMARTS) is 1. The summed E-state index contributed by atoms with van der Waals surface area (Å²) in [5.74, 6) is -2.04. The van der Waals surface area contributed by atoms with E-state index in [-0.39, 0.29) is 13.0 Å². The number of nitrogens with one attached hydrogen (secondary N) is 1. The molecule has 8 heteroatoms. The third-order valence-corrected chi connectivity index (χ3v) is 4.30. The van der Waals surface area contributed by atoms with Crippen molar-refractivity contribution >= 4 is 24.1 Å². The molecule has 0 fully saturated rings. The minimum atomic E-state index is -1.11. The number of amides is 1. The molecule has 27 heavy (non-hydrogen) atoms. The molecule has 1 aromatic carbocycles. The van der Waals surface area contributed by atoms with Crippen molar-refractivity contribution in [2.24, 2.45) is 5.10 Å². The lowest BCUT2D eigenvalue weighted by molar-refractivity contribution is -0.151. The summed E-state index contributed by atoms with van der Waals surface area (Å²) in [6.45, 7) is 3.54. The molecule has 0 aliphatic carbocycles. The van der Waals surface area contributed by atoms with Gasteiger partial charge in [0.2, 0.25) is 0 Å². The van der Waals surface area contributed by atoms with Gasteiger partial charge >= 0.3 is 11.9 Å². The van der Waals surface area contributed by atoms with E-state index in [0.29, 0.717) is 12.8 Å². The minimum Gasteiger partial charge on any atom is -0.480 e.